The number of nitrogens with zero attached hydrogens (tertiary/aromatic N) is 3. The second-order valence-corrected chi connectivity index (χ2v) is 10.2. The highest BCUT2D eigenvalue weighted by Crippen LogP contribution is 2.41. The largest absolute Gasteiger partial charge is 0.677 e. The molecule has 200 valence electrons. The third-order valence-corrected chi connectivity index (χ3v) is 7.83. The SMILES string of the molecule is CCCCN(CCCC)c1ccc(/C(=C2/N=C(C)C(CC)=C2C)c2c(C)c(CC)c(C)n2B(F)F)cc1. The van der Waals surface area contributed by atoms with Crippen LogP contribution in [0.5, 0.6) is 0 Å². The maximum absolute atomic E-state index is 14.6. The van der Waals surface area contributed by atoms with Gasteiger partial charge >= 0.3 is 7.40 Å². The Balaban J connectivity index is 2.26. The minimum atomic E-state index is -2.62. The Hall–Kier alpha value is -2.63. The number of rotatable bonds is 12. The molecule has 6 heteroatoms. The Bertz CT molecular complexity index is 1180. The zero-order valence-corrected chi connectivity index (χ0v) is 24.1. The molecule has 0 aliphatic carbocycles. The number of halogens is 2. The van der Waals surface area contributed by atoms with E-state index in [9.17, 15) is 8.63 Å². The van der Waals surface area contributed by atoms with Crippen molar-refractivity contribution in [1.29, 1.82) is 0 Å². The van der Waals surface area contributed by atoms with Gasteiger partial charge in [0.15, 0.2) is 0 Å². The minimum Gasteiger partial charge on any atom is -0.372 e. The van der Waals surface area contributed by atoms with E-state index in [4.69, 9.17) is 4.99 Å². The first kappa shape index (κ1) is 28.9. The second-order valence-electron chi connectivity index (χ2n) is 10.2. The molecule has 2 aromatic rings. The van der Waals surface area contributed by atoms with Crippen LogP contribution in [0.25, 0.3) is 5.57 Å². The predicted octanol–water partition coefficient (Wildman–Crippen LogP) is 8.81. The van der Waals surface area contributed by atoms with Crippen LogP contribution in [0.1, 0.15) is 102 Å². The van der Waals surface area contributed by atoms with Crippen LogP contribution in [0.4, 0.5) is 14.3 Å². The van der Waals surface area contributed by atoms with Crippen LogP contribution in [0.15, 0.2) is 46.1 Å². The van der Waals surface area contributed by atoms with Crippen molar-refractivity contribution in [3.63, 3.8) is 0 Å². The summed E-state index contributed by atoms with van der Waals surface area (Å²) in [7, 11) is -2.62. The lowest BCUT2D eigenvalue weighted by Gasteiger charge is -2.25. The number of anilines is 1. The molecule has 1 aromatic carbocycles. The lowest BCUT2D eigenvalue weighted by atomic mass is 9.92. The van der Waals surface area contributed by atoms with Gasteiger partial charge in [-0.25, -0.2) is 0 Å². The molecule has 0 saturated heterocycles. The highest BCUT2D eigenvalue weighted by Gasteiger charge is 2.32. The molecule has 0 spiro atoms. The van der Waals surface area contributed by atoms with Gasteiger partial charge in [-0.15, -0.1) is 0 Å². The van der Waals surface area contributed by atoms with Crippen molar-refractivity contribution >= 4 is 24.4 Å². The fourth-order valence-electron chi connectivity index (χ4n) is 5.77. The summed E-state index contributed by atoms with van der Waals surface area (Å²) in [6.45, 7) is 18.6. The monoisotopic (exact) mass is 507 g/mol. The highest BCUT2D eigenvalue weighted by atomic mass is 19.2. The van der Waals surface area contributed by atoms with E-state index >= 15 is 0 Å². The maximum Gasteiger partial charge on any atom is 0.677 e. The van der Waals surface area contributed by atoms with E-state index in [0.717, 1.165) is 84.4 Å². The lowest BCUT2D eigenvalue weighted by molar-refractivity contribution is 0.623. The average molecular weight is 508 g/mol. The van der Waals surface area contributed by atoms with E-state index in [1.807, 2.05) is 27.7 Å². The van der Waals surface area contributed by atoms with Crippen molar-refractivity contribution in [2.24, 2.45) is 4.99 Å². The van der Waals surface area contributed by atoms with Crippen LogP contribution in [0.3, 0.4) is 0 Å². The third kappa shape index (κ3) is 5.78. The number of aliphatic imine (C=N–C) groups is 1. The standard InChI is InChI=1S/C31H44BF2N3/c1-9-13-19-36(20-14-10-2)26-17-15-25(16-18-26)29(30-21(5)27(11-3)23(7)35-30)31-22(6)28(12-4)24(8)37(31)32(33)34/h15-18H,9-14,19-20H2,1-8H3/b30-29-. The average Bonchev–Trinajstić information content (AvgIpc) is 3.30. The lowest BCUT2D eigenvalue weighted by Crippen LogP contribution is -2.25. The van der Waals surface area contributed by atoms with Crippen molar-refractivity contribution in [3.05, 3.63) is 69.2 Å². The van der Waals surface area contributed by atoms with Gasteiger partial charge in [-0.1, -0.05) is 52.7 Å². The number of unbranched alkanes of at least 4 members (excludes halogenated alkanes) is 2. The molecule has 1 aliphatic heterocycles. The number of hydrogen-bond donors (Lipinski definition) is 0. The second kappa shape index (κ2) is 12.8. The zero-order chi connectivity index (χ0) is 27.3. The van der Waals surface area contributed by atoms with Gasteiger partial charge in [0, 0.05) is 41.4 Å². The maximum atomic E-state index is 14.6. The molecule has 0 fully saturated rings. The van der Waals surface area contributed by atoms with Crippen molar-refractivity contribution in [2.75, 3.05) is 18.0 Å². The van der Waals surface area contributed by atoms with Crippen LogP contribution in [0.2, 0.25) is 0 Å². The Morgan fingerprint density at radius 3 is 1.95 bits per heavy atom. The van der Waals surface area contributed by atoms with E-state index in [1.54, 1.807) is 0 Å². The van der Waals surface area contributed by atoms with Gasteiger partial charge in [-0.3, -0.25) is 13.6 Å². The fourth-order valence-corrected chi connectivity index (χ4v) is 5.77. The summed E-state index contributed by atoms with van der Waals surface area (Å²) in [6.07, 6.45) is 6.20. The van der Waals surface area contributed by atoms with Crippen molar-refractivity contribution < 1.29 is 8.63 Å². The normalized spacial score (nSPS) is 14.9. The Morgan fingerprint density at radius 1 is 0.892 bits per heavy atom. The first-order valence-electron chi connectivity index (χ1n) is 14.1. The molecule has 0 atom stereocenters. The topological polar surface area (TPSA) is 20.5 Å². The molecule has 3 nitrogen and oxygen atoms in total. The molecular weight excluding hydrogens is 463 g/mol. The molecule has 0 saturated carbocycles. The molecular formula is C31H44BF2N3. The van der Waals surface area contributed by atoms with Gasteiger partial charge in [0.1, 0.15) is 0 Å². The molecule has 0 amide bonds. The number of aromatic nitrogens is 1. The van der Waals surface area contributed by atoms with Crippen LogP contribution in [-0.2, 0) is 6.42 Å². The minimum absolute atomic E-state index is 0.592. The Kier molecular flexibility index (Phi) is 9.97. The molecule has 0 bridgehead atoms. The molecule has 3 rings (SSSR count). The van der Waals surface area contributed by atoms with E-state index in [0.29, 0.717) is 17.8 Å². The van der Waals surface area contributed by atoms with Gasteiger partial charge < -0.3 is 9.38 Å². The smallest absolute Gasteiger partial charge is 0.372 e. The predicted molar refractivity (Wildman–Crippen MR) is 157 cm³/mol. The Morgan fingerprint density at radius 2 is 1.49 bits per heavy atom. The summed E-state index contributed by atoms with van der Waals surface area (Å²) in [6, 6.07) is 8.53. The summed E-state index contributed by atoms with van der Waals surface area (Å²) in [5, 5.41) is 0. The van der Waals surface area contributed by atoms with Crippen molar-refractivity contribution in [1.82, 2.24) is 4.48 Å². The van der Waals surface area contributed by atoms with Crippen LogP contribution in [-0.4, -0.2) is 30.7 Å². The zero-order valence-electron chi connectivity index (χ0n) is 24.1. The summed E-state index contributed by atoms with van der Waals surface area (Å²) in [5.41, 5.74) is 10.2. The summed E-state index contributed by atoms with van der Waals surface area (Å²) < 4.78 is 30.4. The first-order chi connectivity index (χ1) is 17.7. The van der Waals surface area contributed by atoms with E-state index in [2.05, 4.69) is 56.9 Å². The quantitative estimate of drug-likeness (QED) is 0.263. The first-order valence-corrected chi connectivity index (χ1v) is 14.1. The number of benzene rings is 1. The van der Waals surface area contributed by atoms with Gasteiger partial charge in [0.05, 0.1) is 5.70 Å². The van der Waals surface area contributed by atoms with E-state index in [1.165, 1.54) is 15.7 Å². The number of hydrogen-bond acceptors (Lipinski definition) is 2. The van der Waals surface area contributed by atoms with Crippen LogP contribution < -0.4 is 4.90 Å². The highest BCUT2D eigenvalue weighted by molar-refractivity contribution is 6.41. The number of allylic oxidation sites excluding steroid dienone is 2. The van der Waals surface area contributed by atoms with Crippen molar-refractivity contribution in [3.8, 4) is 0 Å². The molecule has 0 radical (unpaired) electrons. The van der Waals surface area contributed by atoms with Gasteiger partial charge in [0.2, 0.25) is 0 Å². The van der Waals surface area contributed by atoms with Gasteiger partial charge in [-0.05, 0) is 93.3 Å². The molecule has 0 unspecified atom stereocenters. The van der Waals surface area contributed by atoms with Crippen LogP contribution in [0, 0.1) is 13.8 Å². The summed E-state index contributed by atoms with van der Waals surface area (Å²) in [5.74, 6) is 0. The summed E-state index contributed by atoms with van der Waals surface area (Å²) >= 11 is 0. The van der Waals surface area contributed by atoms with Gasteiger partial charge in [-0.2, -0.15) is 0 Å². The Labute approximate surface area is 223 Å². The van der Waals surface area contributed by atoms with Crippen molar-refractivity contribution in [2.45, 2.75) is 93.9 Å². The third-order valence-electron chi connectivity index (χ3n) is 7.83. The summed E-state index contributed by atoms with van der Waals surface area (Å²) in [4.78, 5) is 7.43. The molecule has 1 aliphatic rings. The van der Waals surface area contributed by atoms with E-state index < -0.39 is 7.40 Å². The molecule has 0 N–H and O–H groups in total. The fraction of sp³-hybridized carbons (Fsp3) is 0.516. The van der Waals surface area contributed by atoms with Crippen LogP contribution >= 0.6 is 0 Å². The van der Waals surface area contributed by atoms with Gasteiger partial charge in [0.25, 0.3) is 0 Å². The molecule has 37 heavy (non-hydrogen) atoms. The van der Waals surface area contributed by atoms with E-state index in [-0.39, 0.29) is 0 Å². The molecule has 1 aromatic heterocycles. The molecule has 2 heterocycles.